The molecule has 2 heterocycles. The summed E-state index contributed by atoms with van der Waals surface area (Å²) < 4.78 is 5.26. The maximum absolute atomic E-state index is 11.9. The van der Waals surface area contributed by atoms with Crippen LogP contribution in [0.25, 0.3) is 11.3 Å². The summed E-state index contributed by atoms with van der Waals surface area (Å²) in [7, 11) is 0. The van der Waals surface area contributed by atoms with Gasteiger partial charge in [-0.1, -0.05) is 35.0 Å². The molecule has 2 N–H and O–H groups in total. The molecule has 2 aromatic rings. The Morgan fingerprint density at radius 3 is 3.00 bits per heavy atom. The van der Waals surface area contributed by atoms with Gasteiger partial charge in [0.05, 0.1) is 11.6 Å². The molecule has 5 nitrogen and oxygen atoms in total. The fraction of sp³-hybridized carbons (Fsp3) is 0.375. The van der Waals surface area contributed by atoms with Gasteiger partial charge in [0.2, 0.25) is 5.91 Å². The van der Waals surface area contributed by atoms with Gasteiger partial charge in [-0.2, -0.15) is 0 Å². The fourth-order valence-electron chi connectivity index (χ4n) is 2.60. The highest BCUT2D eigenvalue weighted by molar-refractivity contribution is 6.33. The number of nitrogens with zero attached hydrogens (tertiary/aromatic N) is 1. The lowest BCUT2D eigenvalue weighted by Gasteiger charge is -2.07. The van der Waals surface area contributed by atoms with Gasteiger partial charge < -0.3 is 15.2 Å². The molecule has 3 rings (SSSR count). The van der Waals surface area contributed by atoms with Gasteiger partial charge in [0.1, 0.15) is 5.69 Å². The van der Waals surface area contributed by atoms with Crippen molar-refractivity contribution in [1.82, 2.24) is 15.8 Å². The van der Waals surface area contributed by atoms with E-state index in [1.807, 2.05) is 24.3 Å². The zero-order valence-electron chi connectivity index (χ0n) is 12.5. The zero-order chi connectivity index (χ0) is 15.4. The minimum absolute atomic E-state index is 0. The molecule has 1 aromatic heterocycles. The molecule has 1 aromatic carbocycles. The predicted molar refractivity (Wildman–Crippen MR) is 91.6 cm³/mol. The smallest absolute Gasteiger partial charge is 0.220 e. The first-order chi connectivity index (χ1) is 10.7. The molecule has 1 atom stereocenters. The number of hydrogen-bond acceptors (Lipinski definition) is 4. The maximum atomic E-state index is 11.9. The number of nitrogens with one attached hydrogen (secondary N) is 2. The van der Waals surface area contributed by atoms with Crippen LogP contribution in [0.1, 0.15) is 18.6 Å². The number of carbonyl (C=O) groups excluding carboxylic acids is 1. The van der Waals surface area contributed by atoms with Gasteiger partial charge in [0.15, 0.2) is 5.76 Å². The lowest BCUT2D eigenvalue weighted by atomic mass is 10.0. The monoisotopic (exact) mass is 355 g/mol. The van der Waals surface area contributed by atoms with E-state index in [-0.39, 0.29) is 18.3 Å². The third kappa shape index (κ3) is 4.70. The van der Waals surface area contributed by atoms with E-state index < -0.39 is 0 Å². The minimum atomic E-state index is 0. The first-order valence-corrected chi connectivity index (χ1v) is 7.78. The van der Waals surface area contributed by atoms with Crippen molar-refractivity contribution in [2.45, 2.75) is 19.4 Å². The summed E-state index contributed by atoms with van der Waals surface area (Å²) in [6, 6.07) is 9.26. The Kier molecular flexibility index (Phi) is 6.45. The highest BCUT2D eigenvalue weighted by Gasteiger charge is 2.18. The van der Waals surface area contributed by atoms with Gasteiger partial charge in [0, 0.05) is 18.1 Å². The van der Waals surface area contributed by atoms with E-state index in [1.54, 1.807) is 6.07 Å². The number of aromatic nitrogens is 1. The fourth-order valence-corrected chi connectivity index (χ4v) is 2.83. The minimum Gasteiger partial charge on any atom is -0.359 e. The summed E-state index contributed by atoms with van der Waals surface area (Å²) in [5, 5.41) is 10.8. The zero-order valence-corrected chi connectivity index (χ0v) is 14.1. The molecule has 0 spiro atoms. The molecular formula is C16H19Cl2N3O2. The second-order valence-electron chi connectivity index (χ2n) is 5.50. The molecular weight excluding hydrogens is 337 g/mol. The predicted octanol–water partition coefficient (Wildman–Crippen LogP) is 3.03. The standard InChI is InChI=1S/C16H18ClN3O2.ClH/c17-14-4-2-1-3-13(14)15-8-12(22-20-15)10-19-16(21)7-11-5-6-18-9-11;/h1-4,8,11,18H,5-7,9-10H2,(H,19,21);1H. The van der Waals surface area contributed by atoms with Crippen LogP contribution in [0.2, 0.25) is 5.02 Å². The summed E-state index contributed by atoms with van der Waals surface area (Å²) in [4.78, 5) is 11.9. The van der Waals surface area contributed by atoms with E-state index in [0.29, 0.717) is 35.4 Å². The Morgan fingerprint density at radius 2 is 2.26 bits per heavy atom. The van der Waals surface area contributed by atoms with Crippen molar-refractivity contribution < 1.29 is 9.32 Å². The molecule has 23 heavy (non-hydrogen) atoms. The van der Waals surface area contributed by atoms with Crippen LogP contribution in [0.3, 0.4) is 0 Å². The quantitative estimate of drug-likeness (QED) is 0.864. The molecule has 1 unspecified atom stereocenters. The van der Waals surface area contributed by atoms with Crippen molar-refractivity contribution >= 4 is 29.9 Å². The molecule has 0 radical (unpaired) electrons. The van der Waals surface area contributed by atoms with Crippen molar-refractivity contribution in [3.05, 3.63) is 41.1 Å². The van der Waals surface area contributed by atoms with Gasteiger partial charge in [-0.15, -0.1) is 12.4 Å². The van der Waals surface area contributed by atoms with Crippen LogP contribution in [0.5, 0.6) is 0 Å². The van der Waals surface area contributed by atoms with Crippen molar-refractivity contribution in [1.29, 1.82) is 0 Å². The Balaban J connectivity index is 0.00000192. The van der Waals surface area contributed by atoms with Gasteiger partial charge in [-0.3, -0.25) is 4.79 Å². The molecule has 0 aliphatic carbocycles. The Bertz CT molecular complexity index is 654. The average molecular weight is 356 g/mol. The summed E-state index contributed by atoms with van der Waals surface area (Å²) in [6.07, 6.45) is 1.62. The molecule has 1 fully saturated rings. The van der Waals surface area contributed by atoms with Crippen LogP contribution >= 0.6 is 24.0 Å². The van der Waals surface area contributed by atoms with E-state index in [4.69, 9.17) is 16.1 Å². The van der Waals surface area contributed by atoms with Crippen LogP contribution < -0.4 is 10.6 Å². The third-order valence-corrected chi connectivity index (χ3v) is 4.13. The highest BCUT2D eigenvalue weighted by atomic mass is 35.5. The number of carbonyl (C=O) groups is 1. The lowest BCUT2D eigenvalue weighted by molar-refractivity contribution is -0.122. The molecule has 0 bridgehead atoms. The Hall–Kier alpha value is -1.56. The van der Waals surface area contributed by atoms with E-state index in [2.05, 4.69) is 15.8 Å². The van der Waals surface area contributed by atoms with E-state index in [1.165, 1.54) is 0 Å². The number of hydrogen-bond donors (Lipinski definition) is 2. The van der Waals surface area contributed by atoms with Crippen molar-refractivity contribution in [2.24, 2.45) is 5.92 Å². The first kappa shape index (κ1) is 17.8. The second kappa shape index (κ2) is 8.34. The van der Waals surface area contributed by atoms with Crippen LogP contribution in [0.4, 0.5) is 0 Å². The lowest BCUT2D eigenvalue weighted by Crippen LogP contribution is -2.25. The SMILES string of the molecule is Cl.O=C(CC1CCNC1)NCc1cc(-c2ccccc2Cl)no1. The molecule has 1 aliphatic rings. The molecule has 1 saturated heterocycles. The van der Waals surface area contributed by atoms with E-state index >= 15 is 0 Å². The number of rotatable bonds is 5. The molecule has 124 valence electrons. The van der Waals surface area contributed by atoms with Crippen molar-refractivity contribution in [3.63, 3.8) is 0 Å². The second-order valence-corrected chi connectivity index (χ2v) is 5.91. The molecule has 0 saturated carbocycles. The normalized spacial score (nSPS) is 16.8. The summed E-state index contributed by atoms with van der Waals surface area (Å²) in [6.45, 7) is 2.27. The number of halogens is 2. The van der Waals surface area contributed by atoms with Crippen LogP contribution in [-0.2, 0) is 11.3 Å². The summed E-state index contributed by atoms with van der Waals surface area (Å²) >= 11 is 6.13. The van der Waals surface area contributed by atoms with Gasteiger partial charge >= 0.3 is 0 Å². The summed E-state index contributed by atoms with van der Waals surface area (Å²) in [5.74, 6) is 1.10. The van der Waals surface area contributed by atoms with Crippen LogP contribution in [0.15, 0.2) is 34.9 Å². The van der Waals surface area contributed by atoms with Crippen molar-refractivity contribution in [3.8, 4) is 11.3 Å². The largest absolute Gasteiger partial charge is 0.359 e. The van der Waals surface area contributed by atoms with Crippen LogP contribution in [-0.4, -0.2) is 24.2 Å². The van der Waals surface area contributed by atoms with Gasteiger partial charge in [-0.25, -0.2) is 0 Å². The Morgan fingerprint density at radius 1 is 1.43 bits per heavy atom. The third-order valence-electron chi connectivity index (χ3n) is 3.80. The first-order valence-electron chi connectivity index (χ1n) is 7.40. The topological polar surface area (TPSA) is 67.2 Å². The molecule has 7 heteroatoms. The molecule has 1 amide bonds. The van der Waals surface area contributed by atoms with Gasteiger partial charge in [-0.05, 0) is 31.5 Å². The highest BCUT2D eigenvalue weighted by Crippen LogP contribution is 2.26. The van der Waals surface area contributed by atoms with Crippen molar-refractivity contribution in [2.75, 3.05) is 13.1 Å². The average Bonchev–Trinajstić information content (AvgIpc) is 3.17. The Labute approximate surface area is 146 Å². The number of amides is 1. The van der Waals surface area contributed by atoms with Gasteiger partial charge in [0.25, 0.3) is 0 Å². The maximum Gasteiger partial charge on any atom is 0.220 e. The number of benzene rings is 1. The van der Waals surface area contributed by atoms with E-state index in [9.17, 15) is 4.79 Å². The van der Waals surface area contributed by atoms with Crippen LogP contribution in [0, 0.1) is 5.92 Å². The summed E-state index contributed by atoms with van der Waals surface area (Å²) in [5.41, 5.74) is 1.50. The van der Waals surface area contributed by atoms with E-state index in [0.717, 1.165) is 25.1 Å². The molecule has 1 aliphatic heterocycles.